The van der Waals surface area contributed by atoms with Gasteiger partial charge in [0.05, 0.1) is 6.42 Å². The van der Waals surface area contributed by atoms with Crippen molar-refractivity contribution in [3.05, 3.63) is 34.4 Å². The number of halogens is 4. The molecule has 2 saturated carbocycles. The number of likely N-dealkylation sites (tertiary alicyclic amines) is 1. The molecular weight excluding hydrogens is 510 g/mol. The second kappa shape index (κ2) is 9.25. The highest BCUT2D eigenvalue weighted by Gasteiger charge is 2.60. The Balaban J connectivity index is 1.37. The second-order valence-electron chi connectivity index (χ2n) is 10.6. The summed E-state index contributed by atoms with van der Waals surface area (Å²) in [7, 11) is 0. The first-order valence-corrected chi connectivity index (χ1v) is 12.4. The fourth-order valence-corrected chi connectivity index (χ4v) is 5.41. The van der Waals surface area contributed by atoms with Crippen molar-refractivity contribution in [1.29, 1.82) is 0 Å². The molecule has 38 heavy (non-hydrogen) atoms. The summed E-state index contributed by atoms with van der Waals surface area (Å²) >= 11 is 0. The molecule has 1 aromatic rings. The zero-order valence-electron chi connectivity index (χ0n) is 20.2. The highest BCUT2D eigenvalue weighted by atomic mass is 19.4. The van der Waals surface area contributed by atoms with E-state index in [0.717, 1.165) is 12.8 Å². The predicted octanol–water partition coefficient (Wildman–Crippen LogP) is 2.28. The largest absolute Gasteiger partial charge is 0.471 e. The third kappa shape index (κ3) is 4.79. The van der Waals surface area contributed by atoms with E-state index in [9.17, 15) is 36.7 Å². The Labute approximate surface area is 215 Å². The summed E-state index contributed by atoms with van der Waals surface area (Å²) in [5.74, 6) is -5.04. The molecule has 2 aliphatic heterocycles. The number of nitrogens with zero attached hydrogens (tertiary/aromatic N) is 2. The molecule has 3 fully saturated rings. The van der Waals surface area contributed by atoms with E-state index in [1.807, 2.05) is 0 Å². The molecule has 5 rings (SSSR count). The Morgan fingerprint density at radius 3 is 2.50 bits per heavy atom. The van der Waals surface area contributed by atoms with Gasteiger partial charge < -0.3 is 16.0 Å². The maximum atomic E-state index is 14.1. The molecule has 0 radical (unpaired) electrons. The maximum Gasteiger partial charge on any atom is 0.471 e. The molecule has 1 aromatic carbocycles. The highest BCUT2D eigenvalue weighted by Crippen LogP contribution is 2.47. The molecule has 0 unspecified atom stereocenters. The van der Waals surface area contributed by atoms with Crippen LogP contribution in [-0.4, -0.2) is 59.5 Å². The van der Waals surface area contributed by atoms with Gasteiger partial charge in [-0.3, -0.25) is 24.1 Å². The lowest BCUT2D eigenvalue weighted by atomic mass is 9.80. The van der Waals surface area contributed by atoms with E-state index >= 15 is 0 Å². The van der Waals surface area contributed by atoms with Crippen LogP contribution in [0.15, 0.2) is 18.2 Å². The summed E-state index contributed by atoms with van der Waals surface area (Å²) in [6.07, 6.45) is -3.32. The lowest BCUT2D eigenvalue weighted by Crippen LogP contribution is -2.57. The van der Waals surface area contributed by atoms with Gasteiger partial charge in [0.25, 0.3) is 12.5 Å². The van der Waals surface area contributed by atoms with Crippen LogP contribution in [0.4, 0.5) is 23.2 Å². The summed E-state index contributed by atoms with van der Waals surface area (Å²) in [4.78, 5) is 56.4. The van der Waals surface area contributed by atoms with E-state index in [-0.39, 0.29) is 25.3 Å². The standard InChI is InChI=1S/C25H25F4N5O4/c1-30-18-10-24(15-9-14(26)6-7-16(15)32-22(24)37)11-34(18)21(36)17(8-12-2-3-12)31-20(35)19(13-4-5-13)33-23(38)25(27,28)29/h1,6-7,9,12-13,17-19H,2-5,8,10-11H2,(H2-,31,32,33,35,37,38)/p+1/t17-,18-,19-,24-/m0/s1. The molecule has 4 atom stereocenters. The van der Waals surface area contributed by atoms with Crippen LogP contribution >= 0.6 is 0 Å². The lowest BCUT2D eigenvalue weighted by molar-refractivity contribution is -0.175. The predicted molar refractivity (Wildman–Crippen MR) is 125 cm³/mol. The van der Waals surface area contributed by atoms with Crippen LogP contribution in [0.5, 0.6) is 0 Å². The first-order chi connectivity index (χ1) is 17.9. The van der Waals surface area contributed by atoms with Gasteiger partial charge in [0.1, 0.15) is 23.3 Å². The van der Waals surface area contributed by atoms with Gasteiger partial charge >= 0.3 is 18.2 Å². The highest BCUT2D eigenvalue weighted by molar-refractivity contribution is 6.07. The van der Waals surface area contributed by atoms with Crippen molar-refractivity contribution in [3.63, 3.8) is 0 Å². The lowest BCUT2D eigenvalue weighted by Gasteiger charge is -2.27. The fourth-order valence-electron chi connectivity index (χ4n) is 5.41. The average Bonchev–Trinajstić information content (AvgIpc) is 3.79. The van der Waals surface area contributed by atoms with Gasteiger partial charge in [-0.05, 0) is 54.9 Å². The Kier molecular flexibility index (Phi) is 6.31. The van der Waals surface area contributed by atoms with E-state index in [0.29, 0.717) is 24.1 Å². The Hall–Kier alpha value is -3.69. The van der Waals surface area contributed by atoms with E-state index in [1.54, 1.807) is 5.32 Å². The molecule has 4 aliphatic rings. The number of rotatable bonds is 7. The van der Waals surface area contributed by atoms with Gasteiger partial charge in [-0.1, -0.05) is 17.7 Å². The van der Waals surface area contributed by atoms with E-state index < -0.39 is 65.2 Å². The minimum Gasteiger partial charge on any atom is -0.342 e. The van der Waals surface area contributed by atoms with Gasteiger partial charge in [0.2, 0.25) is 11.8 Å². The van der Waals surface area contributed by atoms with Crippen LogP contribution in [0.25, 0.3) is 4.85 Å². The number of fused-ring (bicyclic) bond motifs is 2. The second-order valence-corrected chi connectivity index (χ2v) is 10.6. The van der Waals surface area contributed by atoms with Gasteiger partial charge in [0.15, 0.2) is 0 Å². The molecule has 1 spiro atoms. The molecule has 2 heterocycles. The summed E-state index contributed by atoms with van der Waals surface area (Å²) in [5, 5.41) is 7.01. The summed E-state index contributed by atoms with van der Waals surface area (Å²) in [6, 6.07) is 1.29. The molecule has 202 valence electrons. The number of carbonyl (C=O) groups excluding carboxylic acids is 4. The topological polar surface area (TPSA) is 112 Å². The normalized spacial score (nSPS) is 25.8. The summed E-state index contributed by atoms with van der Waals surface area (Å²) in [6.45, 7) is 5.43. The van der Waals surface area contributed by atoms with Crippen LogP contribution < -0.4 is 16.0 Å². The number of nitrogens with one attached hydrogen (secondary N) is 3. The van der Waals surface area contributed by atoms with Gasteiger partial charge in [0, 0.05) is 12.2 Å². The first-order valence-electron chi connectivity index (χ1n) is 12.4. The molecule has 13 heteroatoms. The number of hydrogen-bond acceptors (Lipinski definition) is 4. The van der Waals surface area contributed by atoms with Crippen LogP contribution in [0.1, 0.15) is 44.1 Å². The Morgan fingerprint density at radius 2 is 1.89 bits per heavy atom. The van der Waals surface area contributed by atoms with E-state index in [4.69, 9.17) is 6.57 Å². The summed E-state index contributed by atoms with van der Waals surface area (Å²) in [5.41, 5.74) is -0.513. The van der Waals surface area contributed by atoms with Crippen LogP contribution in [0.3, 0.4) is 0 Å². The molecule has 0 bridgehead atoms. The summed E-state index contributed by atoms with van der Waals surface area (Å²) < 4.78 is 52.6. The number of carbonyl (C=O) groups is 4. The fraction of sp³-hybridized carbons (Fsp3) is 0.560. The quantitative estimate of drug-likeness (QED) is 0.465. The van der Waals surface area contributed by atoms with Crippen molar-refractivity contribution >= 4 is 29.3 Å². The zero-order valence-corrected chi connectivity index (χ0v) is 20.2. The molecule has 9 nitrogen and oxygen atoms in total. The number of alkyl halides is 3. The van der Waals surface area contributed by atoms with Crippen molar-refractivity contribution in [2.24, 2.45) is 11.8 Å². The molecule has 4 amide bonds. The van der Waals surface area contributed by atoms with Crippen LogP contribution in [0, 0.1) is 24.2 Å². The van der Waals surface area contributed by atoms with E-state index in [1.165, 1.54) is 23.1 Å². The smallest absolute Gasteiger partial charge is 0.342 e. The zero-order chi connectivity index (χ0) is 27.4. The van der Waals surface area contributed by atoms with Crippen LogP contribution in [0.2, 0.25) is 0 Å². The average molecular weight is 537 g/mol. The molecule has 2 aliphatic carbocycles. The van der Waals surface area contributed by atoms with Crippen molar-refractivity contribution in [1.82, 2.24) is 15.5 Å². The number of hydrogen-bond donors (Lipinski definition) is 3. The Bertz CT molecular complexity index is 1240. The van der Waals surface area contributed by atoms with Gasteiger partial charge in [-0.25, -0.2) is 4.39 Å². The molecule has 0 aromatic heterocycles. The molecule has 3 N–H and O–H groups in total. The molecular formula is C25H26F4N5O4+. The number of anilines is 1. The van der Waals surface area contributed by atoms with E-state index in [2.05, 4.69) is 15.5 Å². The third-order valence-corrected chi connectivity index (χ3v) is 7.77. The van der Waals surface area contributed by atoms with Crippen molar-refractivity contribution in [2.45, 2.75) is 68.4 Å². The Morgan fingerprint density at radius 1 is 1.18 bits per heavy atom. The maximum absolute atomic E-state index is 14.1. The first kappa shape index (κ1) is 25.9. The van der Waals surface area contributed by atoms with Gasteiger partial charge in [-0.2, -0.15) is 13.2 Å². The minimum absolute atomic E-state index is 0.00599. The monoisotopic (exact) mass is 536 g/mol. The van der Waals surface area contributed by atoms with Crippen molar-refractivity contribution in [2.75, 3.05) is 11.9 Å². The van der Waals surface area contributed by atoms with Crippen molar-refractivity contribution in [3.8, 4) is 6.57 Å². The minimum atomic E-state index is -5.16. The molecule has 1 saturated heterocycles. The van der Waals surface area contributed by atoms with Crippen molar-refractivity contribution < 1.29 is 36.7 Å². The number of benzene rings is 1. The number of amides is 4. The van der Waals surface area contributed by atoms with Crippen LogP contribution in [-0.2, 0) is 24.6 Å². The third-order valence-electron chi connectivity index (χ3n) is 7.77. The van der Waals surface area contributed by atoms with Gasteiger partial charge in [-0.15, -0.1) is 0 Å². The SMILES string of the molecule is C#[N+][C@@H]1C[C@@]2(CN1C(=O)[C@H](CC1CC1)NC(=O)[C@@H](NC(=O)C(F)(F)F)C1CC1)C(=O)Nc1ccc(F)cc12.